The molecule has 1 heterocycles. The molecule has 0 saturated carbocycles. The number of carbonyl (C=O) groups is 1. The summed E-state index contributed by atoms with van der Waals surface area (Å²) in [5.74, 6) is 0.625. The van der Waals surface area contributed by atoms with Crippen LogP contribution >= 0.6 is 0 Å². The smallest absolute Gasteiger partial charge is 0.220 e. The number of amides is 1. The summed E-state index contributed by atoms with van der Waals surface area (Å²) >= 11 is 0. The molecule has 1 rings (SSSR count). The van der Waals surface area contributed by atoms with Crippen molar-refractivity contribution in [3.05, 3.63) is 11.9 Å². The minimum atomic E-state index is 0.125. The summed E-state index contributed by atoms with van der Waals surface area (Å²) in [6.07, 6.45) is 4.14. The van der Waals surface area contributed by atoms with E-state index in [4.69, 9.17) is 0 Å². The first-order chi connectivity index (χ1) is 8.49. The molecule has 0 aromatic carbocycles. The molecule has 1 N–H and O–H groups in total. The first-order valence-electron chi connectivity index (χ1n) is 6.66. The fraction of sp³-hybridized carbons (Fsp3) is 0.769. The zero-order valence-corrected chi connectivity index (χ0v) is 11.8. The van der Waals surface area contributed by atoms with E-state index in [0.29, 0.717) is 18.4 Å². The van der Waals surface area contributed by atoms with Crippen molar-refractivity contribution in [2.24, 2.45) is 5.92 Å². The van der Waals surface area contributed by atoms with Gasteiger partial charge >= 0.3 is 0 Å². The summed E-state index contributed by atoms with van der Waals surface area (Å²) in [5.41, 5.74) is 0.959. The highest BCUT2D eigenvalue weighted by Gasteiger charge is 2.06. The van der Waals surface area contributed by atoms with Crippen LogP contribution in [0.25, 0.3) is 0 Å². The molecule has 0 spiro atoms. The number of rotatable bonds is 7. The number of hydrogen-bond acceptors (Lipinski definition) is 3. The van der Waals surface area contributed by atoms with Gasteiger partial charge in [0, 0.05) is 25.2 Å². The van der Waals surface area contributed by atoms with Crippen molar-refractivity contribution < 1.29 is 4.79 Å². The van der Waals surface area contributed by atoms with Crippen LogP contribution in [-0.2, 0) is 11.2 Å². The zero-order valence-electron chi connectivity index (χ0n) is 11.8. The second-order valence-electron chi connectivity index (χ2n) is 5.34. The van der Waals surface area contributed by atoms with Crippen LogP contribution in [0.5, 0.6) is 0 Å². The van der Waals surface area contributed by atoms with Crippen LogP contribution in [0.2, 0.25) is 0 Å². The van der Waals surface area contributed by atoms with Gasteiger partial charge in [0.1, 0.15) is 0 Å². The molecule has 1 aromatic rings. The normalized spacial score (nSPS) is 11.2. The number of nitrogens with zero attached hydrogens (tertiary/aromatic N) is 3. The quantitative estimate of drug-likeness (QED) is 0.807. The highest BCUT2D eigenvalue weighted by molar-refractivity contribution is 5.75. The van der Waals surface area contributed by atoms with E-state index in [-0.39, 0.29) is 5.91 Å². The maximum Gasteiger partial charge on any atom is 0.220 e. The van der Waals surface area contributed by atoms with Gasteiger partial charge in [-0.2, -0.15) is 0 Å². The minimum Gasteiger partial charge on any atom is -0.356 e. The molecule has 1 aromatic heterocycles. The monoisotopic (exact) mass is 252 g/mol. The lowest BCUT2D eigenvalue weighted by molar-refractivity contribution is -0.121. The van der Waals surface area contributed by atoms with Gasteiger partial charge in [0.15, 0.2) is 0 Å². The first kappa shape index (κ1) is 14.7. The molecule has 102 valence electrons. The Morgan fingerprint density at radius 3 is 2.67 bits per heavy atom. The second-order valence-corrected chi connectivity index (χ2v) is 5.34. The van der Waals surface area contributed by atoms with Gasteiger partial charge in [-0.15, -0.1) is 5.10 Å². The molecular formula is C13H24N4O. The van der Waals surface area contributed by atoms with Crippen molar-refractivity contribution in [1.82, 2.24) is 20.3 Å². The second kappa shape index (κ2) is 7.13. The summed E-state index contributed by atoms with van der Waals surface area (Å²) in [7, 11) is 0. The predicted octanol–water partition coefficient (Wildman–Crippen LogP) is 1.95. The topological polar surface area (TPSA) is 59.8 Å². The molecule has 0 fully saturated rings. The number of hydrogen-bond donors (Lipinski definition) is 1. The Hall–Kier alpha value is -1.39. The molecular weight excluding hydrogens is 228 g/mol. The van der Waals surface area contributed by atoms with Gasteiger partial charge in [-0.1, -0.05) is 19.1 Å². The fourth-order valence-corrected chi connectivity index (χ4v) is 1.52. The van der Waals surface area contributed by atoms with Crippen LogP contribution in [0.4, 0.5) is 0 Å². The van der Waals surface area contributed by atoms with Crippen LogP contribution in [0.15, 0.2) is 6.20 Å². The molecule has 0 unspecified atom stereocenters. The number of carbonyl (C=O) groups excluding carboxylic acids is 1. The van der Waals surface area contributed by atoms with E-state index in [1.165, 1.54) is 0 Å². The summed E-state index contributed by atoms with van der Waals surface area (Å²) in [6, 6.07) is 0.334. The van der Waals surface area contributed by atoms with Crippen LogP contribution < -0.4 is 5.32 Å². The summed E-state index contributed by atoms with van der Waals surface area (Å²) < 4.78 is 1.84. The molecule has 0 aliphatic carbocycles. The van der Waals surface area contributed by atoms with Gasteiger partial charge in [-0.05, 0) is 32.6 Å². The van der Waals surface area contributed by atoms with Gasteiger partial charge in [-0.3, -0.25) is 4.79 Å². The molecule has 5 heteroatoms. The van der Waals surface area contributed by atoms with Crippen LogP contribution in [0.1, 0.15) is 52.3 Å². The summed E-state index contributed by atoms with van der Waals surface area (Å²) in [6.45, 7) is 9.06. The third-order valence-electron chi connectivity index (χ3n) is 2.63. The SMILES string of the molecule is CC(C)CNC(=O)CCCc1cn(C(C)C)nn1. The molecule has 5 nitrogen and oxygen atoms in total. The Balaban J connectivity index is 2.22. The Morgan fingerprint density at radius 1 is 1.39 bits per heavy atom. The summed E-state index contributed by atoms with van der Waals surface area (Å²) in [5, 5.41) is 11.0. The van der Waals surface area contributed by atoms with Crippen molar-refractivity contribution in [3.8, 4) is 0 Å². The molecule has 0 saturated heterocycles. The Labute approximate surface area is 109 Å². The van der Waals surface area contributed by atoms with Gasteiger partial charge < -0.3 is 5.32 Å². The van der Waals surface area contributed by atoms with Crippen molar-refractivity contribution in [1.29, 1.82) is 0 Å². The van der Waals surface area contributed by atoms with E-state index < -0.39 is 0 Å². The van der Waals surface area contributed by atoms with E-state index in [9.17, 15) is 4.79 Å². The average Bonchev–Trinajstić information content (AvgIpc) is 2.75. The fourth-order valence-electron chi connectivity index (χ4n) is 1.52. The lowest BCUT2D eigenvalue weighted by Gasteiger charge is -2.06. The predicted molar refractivity (Wildman–Crippen MR) is 71.2 cm³/mol. The summed E-state index contributed by atoms with van der Waals surface area (Å²) in [4.78, 5) is 11.5. The van der Waals surface area contributed by atoms with Crippen molar-refractivity contribution in [3.63, 3.8) is 0 Å². The average molecular weight is 252 g/mol. The lowest BCUT2D eigenvalue weighted by Crippen LogP contribution is -2.27. The largest absolute Gasteiger partial charge is 0.356 e. The van der Waals surface area contributed by atoms with Crippen LogP contribution in [0, 0.1) is 5.92 Å². The standard InChI is InChI=1S/C13H24N4O/c1-10(2)8-14-13(18)7-5-6-12-9-17(11(3)4)16-15-12/h9-11H,5-8H2,1-4H3,(H,14,18). The van der Waals surface area contributed by atoms with E-state index in [1.807, 2.05) is 10.9 Å². The minimum absolute atomic E-state index is 0.125. The molecule has 1 amide bonds. The van der Waals surface area contributed by atoms with E-state index in [2.05, 4.69) is 43.3 Å². The third-order valence-corrected chi connectivity index (χ3v) is 2.63. The highest BCUT2D eigenvalue weighted by Crippen LogP contribution is 2.05. The molecule has 0 atom stereocenters. The van der Waals surface area contributed by atoms with Gasteiger partial charge in [-0.25, -0.2) is 4.68 Å². The highest BCUT2D eigenvalue weighted by atomic mass is 16.1. The maximum absolute atomic E-state index is 11.5. The Bertz CT molecular complexity index is 371. The van der Waals surface area contributed by atoms with E-state index in [1.54, 1.807) is 0 Å². The zero-order chi connectivity index (χ0) is 13.5. The molecule has 18 heavy (non-hydrogen) atoms. The molecule has 0 bridgehead atoms. The van der Waals surface area contributed by atoms with Gasteiger partial charge in [0.2, 0.25) is 5.91 Å². The third kappa shape index (κ3) is 5.29. The van der Waals surface area contributed by atoms with Crippen molar-refractivity contribution in [2.75, 3.05) is 6.54 Å². The molecule has 0 radical (unpaired) electrons. The van der Waals surface area contributed by atoms with Crippen LogP contribution in [0.3, 0.4) is 0 Å². The van der Waals surface area contributed by atoms with E-state index >= 15 is 0 Å². The van der Waals surface area contributed by atoms with Gasteiger partial charge in [0.05, 0.1) is 5.69 Å². The number of aryl methyl sites for hydroxylation is 1. The van der Waals surface area contributed by atoms with E-state index in [0.717, 1.165) is 25.1 Å². The lowest BCUT2D eigenvalue weighted by atomic mass is 10.2. The maximum atomic E-state index is 11.5. The number of nitrogens with one attached hydrogen (secondary N) is 1. The molecule has 0 aliphatic rings. The van der Waals surface area contributed by atoms with Crippen molar-refractivity contribution in [2.45, 2.75) is 53.0 Å². The Kier molecular flexibility index (Phi) is 5.82. The van der Waals surface area contributed by atoms with Gasteiger partial charge in [0.25, 0.3) is 0 Å². The first-order valence-corrected chi connectivity index (χ1v) is 6.66. The molecule has 0 aliphatic heterocycles. The Morgan fingerprint density at radius 2 is 2.11 bits per heavy atom. The van der Waals surface area contributed by atoms with Crippen LogP contribution in [-0.4, -0.2) is 27.4 Å². The number of aromatic nitrogens is 3. The van der Waals surface area contributed by atoms with Crippen molar-refractivity contribution >= 4 is 5.91 Å².